The molecule has 1 fully saturated rings. The fourth-order valence-corrected chi connectivity index (χ4v) is 2.08. The van der Waals surface area contributed by atoms with Crippen molar-refractivity contribution in [2.45, 2.75) is 18.9 Å². The summed E-state index contributed by atoms with van der Waals surface area (Å²) < 4.78 is 0. The summed E-state index contributed by atoms with van der Waals surface area (Å²) in [4.78, 5) is 14.0. The molecule has 0 radical (unpaired) electrons. The summed E-state index contributed by atoms with van der Waals surface area (Å²) >= 11 is 5.82. The molecule has 0 saturated carbocycles. The van der Waals surface area contributed by atoms with Crippen LogP contribution in [0.5, 0.6) is 0 Å². The predicted molar refractivity (Wildman–Crippen MR) is 69.0 cm³/mol. The number of rotatable bonds is 1. The first-order valence-corrected chi connectivity index (χ1v) is 6.05. The van der Waals surface area contributed by atoms with Gasteiger partial charge >= 0.3 is 0 Å². The second-order valence-electron chi connectivity index (χ2n) is 4.37. The first-order chi connectivity index (χ1) is 8.08. The summed E-state index contributed by atoms with van der Waals surface area (Å²) in [5.74, 6) is 0.000247. The highest BCUT2D eigenvalue weighted by Gasteiger charge is 2.21. The molecule has 92 valence electrons. The van der Waals surface area contributed by atoms with Gasteiger partial charge in [0.25, 0.3) is 5.91 Å². The van der Waals surface area contributed by atoms with Crippen LogP contribution in [0.4, 0.5) is 5.69 Å². The maximum atomic E-state index is 12.2. The van der Waals surface area contributed by atoms with Gasteiger partial charge in [-0.05, 0) is 31.0 Å². The molecule has 17 heavy (non-hydrogen) atoms. The van der Waals surface area contributed by atoms with Crippen LogP contribution < -0.4 is 11.5 Å². The van der Waals surface area contributed by atoms with Gasteiger partial charge in [0.1, 0.15) is 0 Å². The first kappa shape index (κ1) is 12.2. The Kier molecular flexibility index (Phi) is 3.54. The molecule has 0 bridgehead atoms. The average molecular weight is 254 g/mol. The summed E-state index contributed by atoms with van der Waals surface area (Å²) in [6.07, 6.45) is 1.71. The molecule has 1 amide bonds. The fourth-order valence-electron chi connectivity index (χ4n) is 1.96. The molecule has 0 atom stereocenters. The lowest BCUT2D eigenvalue weighted by atomic mass is 10.0. The Labute approximate surface area is 106 Å². The number of nitrogen functional groups attached to an aromatic ring is 1. The van der Waals surface area contributed by atoms with Crippen molar-refractivity contribution in [2.24, 2.45) is 5.73 Å². The van der Waals surface area contributed by atoms with Crippen molar-refractivity contribution in [2.75, 3.05) is 18.8 Å². The van der Waals surface area contributed by atoms with Gasteiger partial charge in [-0.3, -0.25) is 4.79 Å². The third kappa shape index (κ3) is 2.70. The predicted octanol–water partition coefficient (Wildman–Crippen LogP) is 1.49. The van der Waals surface area contributed by atoms with Gasteiger partial charge in [0.2, 0.25) is 0 Å². The van der Waals surface area contributed by atoms with Gasteiger partial charge in [0.15, 0.2) is 0 Å². The third-order valence-corrected chi connectivity index (χ3v) is 3.41. The number of amides is 1. The molecule has 4 N–H and O–H groups in total. The van der Waals surface area contributed by atoms with Crippen molar-refractivity contribution in [3.63, 3.8) is 0 Å². The molecule has 2 rings (SSSR count). The van der Waals surface area contributed by atoms with E-state index in [-0.39, 0.29) is 11.9 Å². The maximum Gasteiger partial charge on any atom is 0.253 e. The zero-order valence-electron chi connectivity index (χ0n) is 9.53. The number of halogens is 1. The van der Waals surface area contributed by atoms with E-state index in [0.29, 0.717) is 29.4 Å². The van der Waals surface area contributed by atoms with Gasteiger partial charge < -0.3 is 16.4 Å². The van der Waals surface area contributed by atoms with E-state index in [9.17, 15) is 4.79 Å². The lowest BCUT2D eigenvalue weighted by Crippen LogP contribution is -2.42. The standard InChI is InChI=1S/C12H16ClN3O/c13-10-2-1-8(7-11(10)15)12(17)16-5-3-9(14)4-6-16/h1-2,7,9H,3-6,14-15H2. The quantitative estimate of drug-likeness (QED) is 0.745. The van der Waals surface area contributed by atoms with Crippen LogP contribution in [0, 0.1) is 0 Å². The highest BCUT2D eigenvalue weighted by molar-refractivity contribution is 6.33. The Morgan fingerprint density at radius 1 is 1.35 bits per heavy atom. The normalized spacial score (nSPS) is 17.2. The second kappa shape index (κ2) is 4.94. The van der Waals surface area contributed by atoms with Crippen molar-refractivity contribution in [3.8, 4) is 0 Å². The number of anilines is 1. The maximum absolute atomic E-state index is 12.2. The number of likely N-dealkylation sites (tertiary alicyclic amines) is 1. The number of benzene rings is 1. The molecule has 0 aromatic heterocycles. The van der Waals surface area contributed by atoms with Crippen LogP contribution >= 0.6 is 11.6 Å². The Balaban J connectivity index is 2.11. The zero-order valence-corrected chi connectivity index (χ0v) is 10.3. The number of piperidine rings is 1. The molecule has 1 aromatic rings. The van der Waals surface area contributed by atoms with Crippen LogP contribution in [-0.2, 0) is 0 Å². The molecule has 5 heteroatoms. The molecular weight excluding hydrogens is 238 g/mol. The van der Waals surface area contributed by atoms with Crippen molar-refractivity contribution in [1.82, 2.24) is 4.90 Å². The van der Waals surface area contributed by atoms with E-state index in [1.165, 1.54) is 0 Å². The Morgan fingerprint density at radius 3 is 2.59 bits per heavy atom. The molecule has 1 aliphatic heterocycles. The smallest absolute Gasteiger partial charge is 0.253 e. The van der Waals surface area contributed by atoms with Crippen LogP contribution in [0.15, 0.2) is 18.2 Å². The van der Waals surface area contributed by atoms with Crippen LogP contribution in [0.1, 0.15) is 23.2 Å². The van der Waals surface area contributed by atoms with Crippen molar-refractivity contribution >= 4 is 23.2 Å². The first-order valence-electron chi connectivity index (χ1n) is 5.68. The highest BCUT2D eigenvalue weighted by Crippen LogP contribution is 2.21. The highest BCUT2D eigenvalue weighted by atomic mass is 35.5. The minimum Gasteiger partial charge on any atom is -0.398 e. The van der Waals surface area contributed by atoms with Crippen molar-refractivity contribution in [1.29, 1.82) is 0 Å². The largest absolute Gasteiger partial charge is 0.398 e. The topological polar surface area (TPSA) is 72.4 Å². The number of hydrogen-bond donors (Lipinski definition) is 2. The Bertz CT molecular complexity index is 428. The number of nitrogens with two attached hydrogens (primary N) is 2. The monoisotopic (exact) mass is 253 g/mol. The number of hydrogen-bond acceptors (Lipinski definition) is 3. The zero-order chi connectivity index (χ0) is 12.4. The number of nitrogens with zero attached hydrogens (tertiary/aromatic N) is 1. The van der Waals surface area contributed by atoms with E-state index >= 15 is 0 Å². The summed E-state index contributed by atoms with van der Waals surface area (Å²) in [6.45, 7) is 1.42. The number of carbonyl (C=O) groups is 1. The summed E-state index contributed by atoms with van der Waals surface area (Å²) in [7, 11) is 0. The number of carbonyl (C=O) groups excluding carboxylic acids is 1. The van der Waals surface area contributed by atoms with E-state index in [1.807, 2.05) is 4.90 Å². The summed E-state index contributed by atoms with van der Waals surface area (Å²) in [5, 5.41) is 0.474. The van der Waals surface area contributed by atoms with Crippen molar-refractivity contribution < 1.29 is 4.79 Å². The van der Waals surface area contributed by atoms with Crippen LogP contribution in [0.25, 0.3) is 0 Å². The van der Waals surface area contributed by atoms with E-state index in [0.717, 1.165) is 12.8 Å². The van der Waals surface area contributed by atoms with Gasteiger partial charge in [0.05, 0.1) is 10.7 Å². The Hall–Kier alpha value is -1.26. The third-order valence-electron chi connectivity index (χ3n) is 3.07. The molecule has 1 aromatic carbocycles. The van der Waals surface area contributed by atoms with Gasteiger partial charge in [0, 0.05) is 24.7 Å². The van der Waals surface area contributed by atoms with Crippen LogP contribution in [0.2, 0.25) is 5.02 Å². The lowest BCUT2D eigenvalue weighted by molar-refractivity contribution is 0.0715. The molecule has 0 spiro atoms. The van der Waals surface area contributed by atoms with Crippen LogP contribution in [-0.4, -0.2) is 29.9 Å². The van der Waals surface area contributed by atoms with Gasteiger partial charge in [-0.1, -0.05) is 11.6 Å². The minimum absolute atomic E-state index is 0.000247. The molecule has 1 aliphatic rings. The SMILES string of the molecule is Nc1cc(C(=O)N2CCC(N)CC2)ccc1Cl. The lowest BCUT2D eigenvalue weighted by Gasteiger charge is -2.30. The molecule has 0 aliphatic carbocycles. The van der Waals surface area contributed by atoms with Crippen molar-refractivity contribution in [3.05, 3.63) is 28.8 Å². The van der Waals surface area contributed by atoms with E-state index < -0.39 is 0 Å². The van der Waals surface area contributed by atoms with E-state index in [4.69, 9.17) is 23.1 Å². The van der Waals surface area contributed by atoms with Crippen LogP contribution in [0.3, 0.4) is 0 Å². The molecule has 4 nitrogen and oxygen atoms in total. The summed E-state index contributed by atoms with van der Waals surface area (Å²) in [6, 6.07) is 5.20. The molecule has 1 saturated heterocycles. The average Bonchev–Trinajstić information content (AvgIpc) is 2.33. The fraction of sp³-hybridized carbons (Fsp3) is 0.417. The van der Waals surface area contributed by atoms with Gasteiger partial charge in [-0.25, -0.2) is 0 Å². The van der Waals surface area contributed by atoms with Gasteiger partial charge in [-0.15, -0.1) is 0 Å². The van der Waals surface area contributed by atoms with E-state index in [1.54, 1.807) is 18.2 Å². The second-order valence-corrected chi connectivity index (χ2v) is 4.77. The molecule has 1 heterocycles. The summed E-state index contributed by atoms with van der Waals surface area (Å²) in [5.41, 5.74) is 12.5. The Morgan fingerprint density at radius 2 is 2.00 bits per heavy atom. The van der Waals surface area contributed by atoms with Gasteiger partial charge in [-0.2, -0.15) is 0 Å². The minimum atomic E-state index is 0.000247. The molecule has 0 unspecified atom stereocenters. The van der Waals surface area contributed by atoms with E-state index in [2.05, 4.69) is 0 Å². The molecular formula is C12H16ClN3O.